The third-order valence-corrected chi connectivity index (χ3v) is 3.24. The van der Waals surface area contributed by atoms with Gasteiger partial charge in [-0.1, -0.05) is 11.8 Å². The topological polar surface area (TPSA) is 85.5 Å². The van der Waals surface area contributed by atoms with Crippen molar-refractivity contribution in [3.63, 3.8) is 0 Å². The Morgan fingerprint density at radius 2 is 2.00 bits per heavy atom. The number of methoxy groups -OCH3 is 2. The number of thioether (sulfide) groups is 1. The van der Waals surface area contributed by atoms with Crippen LogP contribution >= 0.6 is 11.8 Å². The molecule has 0 saturated heterocycles. The first-order valence-corrected chi connectivity index (χ1v) is 7.60. The molecule has 7 nitrogen and oxygen atoms in total. The summed E-state index contributed by atoms with van der Waals surface area (Å²) in [4.78, 5) is 10.9. The van der Waals surface area contributed by atoms with E-state index in [2.05, 4.69) is 20.3 Å². The monoisotopic (exact) mass is 301 g/mol. The van der Waals surface area contributed by atoms with E-state index in [1.165, 1.54) is 11.8 Å². The molecule has 114 valence electrons. The molecule has 0 radical (unpaired) electrons. The van der Waals surface area contributed by atoms with Crippen molar-refractivity contribution in [1.82, 2.24) is 9.97 Å². The van der Waals surface area contributed by atoms with Crippen molar-refractivity contribution in [1.29, 1.82) is 0 Å². The summed E-state index contributed by atoms with van der Waals surface area (Å²) < 4.78 is 10.2. The van der Waals surface area contributed by atoms with Gasteiger partial charge in [0, 0.05) is 40.0 Å². The Kier molecular flexibility index (Phi) is 8.28. The van der Waals surface area contributed by atoms with Crippen molar-refractivity contribution in [2.24, 2.45) is 5.84 Å². The molecular formula is C12H23N5O2S. The van der Waals surface area contributed by atoms with Crippen LogP contribution in [0.3, 0.4) is 0 Å². The average molecular weight is 301 g/mol. The number of hydrogen-bond acceptors (Lipinski definition) is 8. The first-order valence-electron chi connectivity index (χ1n) is 6.37. The van der Waals surface area contributed by atoms with Gasteiger partial charge in [-0.15, -0.1) is 0 Å². The van der Waals surface area contributed by atoms with Gasteiger partial charge in [-0.25, -0.2) is 15.8 Å². The fourth-order valence-electron chi connectivity index (χ4n) is 1.68. The van der Waals surface area contributed by atoms with E-state index in [-0.39, 0.29) is 0 Å². The van der Waals surface area contributed by atoms with Crippen LogP contribution in [0.2, 0.25) is 0 Å². The number of ether oxygens (including phenoxy) is 2. The summed E-state index contributed by atoms with van der Waals surface area (Å²) in [5, 5.41) is 0.685. The number of nitrogens with zero attached hydrogens (tertiary/aromatic N) is 3. The highest BCUT2D eigenvalue weighted by molar-refractivity contribution is 7.98. The predicted octanol–water partition coefficient (Wildman–Crippen LogP) is 0.973. The van der Waals surface area contributed by atoms with E-state index in [4.69, 9.17) is 15.3 Å². The van der Waals surface area contributed by atoms with Gasteiger partial charge >= 0.3 is 0 Å². The Hall–Kier alpha value is -1.09. The lowest BCUT2D eigenvalue weighted by molar-refractivity contribution is 0.191. The van der Waals surface area contributed by atoms with Gasteiger partial charge in [0.15, 0.2) is 5.16 Å². The van der Waals surface area contributed by atoms with Crippen molar-refractivity contribution < 1.29 is 9.47 Å². The molecule has 0 fully saturated rings. The summed E-state index contributed by atoms with van der Waals surface area (Å²) in [5.41, 5.74) is 2.57. The van der Waals surface area contributed by atoms with E-state index in [1.807, 2.05) is 12.3 Å². The zero-order chi connectivity index (χ0) is 14.8. The zero-order valence-electron chi connectivity index (χ0n) is 12.3. The minimum Gasteiger partial charge on any atom is -0.385 e. The summed E-state index contributed by atoms with van der Waals surface area (Å²) >= 11 is 1.48. The lowest BCUT2D eigenvalue weighted by atomic mass is 10.3. The highest BCUT2D eigenvalue weighted by Crippen LogP contribution is 2.20. The Balaban J connectivity index is 2.86. The van der Waals surface area contributed by atoms with E-state index in [9.17, 15) is 0 Å². The number of nitrogens with two attached hydrogens (primary N) is 1. The molecule has 0 unspecified atom stereocenters. The number of nitrogen functional groups attached to an aromatic ring is 1. The summed E-state index contributed by atoms with van der Waals surface area (Å²) in [6.45, 7) is 2.95. The molecule has 1 aromatic rings. The van der Waals surface area contributed by atoms with Crippen LogP contribution in [-0.4, -0.2) is 56.7 Å². The molecule has 20 heavy (non-hydrogen) atoms. The molecule has 0 saturated carbocycles. The Morgan fingerprint density at radius 1 is 1.25 bits per heavy atom. The van der Waals surface area contributed by atoms with Crippen LogP contribution < -0.4 is 16.2 Å². The normalized spacial score (nSPS) is 10.6. The number of hydrazine groups is 1. The first kappa shape index (κ1) is 17.0. The highest BCUT2D eigenvalue weighted by Gasteiger charge is 2.11. The number of nitrogens with one attached hydrogen (secondary N) is 1. The molecule has 1 heterocycles. The van der Waals surface area contributed by atoms with Gasteiger partial charge in [0.1, 0.15) is 11.6 Å². The maximum absolute atomic E-state index is 5.45. The fourth-order valence-corrected chi connectivity index (χ4v) is 2.06. The van der Waals surface area contributed by atoms with Crippen LogP contribution in [0.15, 0.2) is 11.2 Å². The lowest BCUT2D eigenvalue weighted by Crippen LogP contribution is -2.30. The molecule has 0 atom stereocenters. The second-order valence-corrected chi connectivity index (χ2v) is 4.84. The summed E-state index contributed by atoms with van der Waals surface area (Å²) in [5.74, 6) is 6.89. The van der Waals surface area contributed by atoms with Crippen LogP contribution in [-0.2, 0) is 9.47 Å². The molecular weight excluding hydrogens is 278 g/mol. The Labute approximate surface area is 124 Å². The van der Waals surface area contributed by atoms with E-state index in [1.54, 1.807) is 14.2 Å². The maximum atomic E-state index is 5.45. The van der Waals surface area contributed by atoms with E-state index in [0.29, 0.717) is 24.2 Å². The molecule has 0 amide bonds. The van der Waals surface area contributed by atoms with Gasteiger partial charge in [0.05, 0.1) is 6.61 Å². The zero-order valence-corrected chi connectivity index (χ0v) is 13.1. The summed E-state index contributed by atoms with van der Waals surface area (Å²) in [7, 11) is 3.39. The van der Waals surface area contributed by atoms with Gasteiger partial charge in [-0.2, -0.15) is 0 Å². The third kappa shape index (κ3) is 5.49. The van der Waals surface area contributed by atoms with Crippen molar-refractivity contribution in [3.8, 4) is 0 Å². The first-order chi connectivity index (χ1) is 9.74. The molecule has 1 rings (SSSR count). The fraction of sp³-hybridized carbons (Fsp3) is 0.667. The molecule has 1 aromatic heterocycles. The summed E-state index contributed by atoms with van der Waals surface area (Å²) in [6, 6.07) is 1.84. The quantitative estimate of drug-likeness (QED) is 0.217. The number of hydrogen-bond donors (Lipinski definition) is 2. The van der Waals surface area contributed by atoms with Gasteiger partial charge in [0.25, 0.3) is 0 Å². The standard InChI is InChI=1S/C12H23N5O2S/c1-18-7-4-5-17(6-8-19-2)11-9-10(16-13)14-12(15-11)20-3/h9H,4-8,13H2,1-3H3,(H,14,15,16). The van der Waals surface area contributed by atoms with Gasteiger partial charge < -0.3 is 19.8 Å². The van der Waals surface area contributed by atoms with Crippen molar-refractivity contribution in [3.05, 3.63) is 6.07 Å². The number of rotatable bonds is 10. The largest absolute Gasteiger partial charge is 0.385 e. The van der Waals surface area contributed by atoms with E-state index < -0.39 is 0 Å². The lowest BCUT2D eigenvalue weighted by Gasteiger charge is -2.24. The van der Waals surface area contributed by atoms with Gasteiger partial charge in [-0.3, -0.25) is 0 Å². The highest BCUT2D eigenvalue weighted by atomic mass is 32.2. The predicted molar refractivity (Wildman–Crippen MR) is 82.2 cm³/mol. The van der Waals surface area contributed by atoms with Crippen LogP contribution in [0.25, 0.3) is 0 Å². The minimum absolute atomic E-state index is 0.605. The molecule has 0 aromatic carbocycles. The van der Waals surface area contributed by atoms with Crippen LogP contribution in [0.4, 0.5) is 11.6 Å². The van der Waals surface area contributed by atoms with E-state index >= 15 is 0 Å². The van der Waals surface area contributed by atoms with Crippen LogP contribution in [0.1, 0.15) is 6.42 Å². The van der Waals surface area contributed by atoms with Gasteiger partial charge in [0.2, 0.25) is 0 Å². The Bertz CT molecular complexity index is 372. The molecule has 0 spiro atoms. The summed E-state index contributed by atoms with van der Waals surface area (Å²) in [6.07, 6.45) is 2.86. The SMILES string of the molecule is COCCCN(CCOC)c1cc(NN)nc(SC)n1. The van der Waals surface area contributed by atoms with E-state index in [0.717, 1.165) is 25.3 Å². The third-order valence-electron chi connectivity index (χ3n) is 2.69. The Morgan fingerprint density at radius 3 is 2.60 bits per heavy atom. The van der Waals surface area contributed by atoms with Gasteiger partial charge in [-0.05, 0) is 12.7 Å². The average Bonchev–Trinajstić information content (AvgIpc) is 2.50. The van der Waals surface area contributed by atoms with Crippen molar-refractivity contribution in [2.75, 3.05) is 57.1 Å². The second-order valence-electron chi connectivity index (χ2n) is 4.07. The van der Waals surface area contributed by atoms with Crippen LogP contribution in [0, 0.1) is 0 Å². The van der Waals surface area contributed by atoms with Crippen molar-refractivity contribution >= 4 is 23.4 Å². The molecule has 0 bridgehead atoms. The molecule has 3 N–H and O–H groups in total. The molecule has 0 aliphatic carbocycles. The maximum Gasteiger partial charge on any atom is 0.191 e. The van der Waals surface area contributed by atoms with Crippen molar-refractivity contribution in [2.45, 2.75) is 11.6 Å². The molecule has 0 aliphatic rings. The molecule has 8 heteroatoms. The number of aromatic nitrogens is 2. The smallest absolute Gasteiger partial charge is 0.191 e. The van der Waals surface area contributed by atoms with Crippen LogP contribution in [0.5, 0.6) is 0 Å². The molecule has 0 aliphatic heterocycles. The number of anilines is 2. The second kappa shape index (κ2) is 9.76. The minimum atomic E-state index is 0.605.